The number of carbonyl (C=O) groups excluding carboxylic acids is 2. The molecule has 1 aromatic carbocycles. The smallest absolute Gasteiger partial charge is 0.390 e. The zero-order chi connectivity index (χ0) is 23.4. The van der Waals surface area contributed by atoms with Gasteiger partial charge in [-0.25, -0.2) is 4.68 Å². The number of aromatic nitrogens is 7. The lowest BCUT2D eigenvalue weighted by Gasteiger charge is -2.05. The predicted octanol–water partition coefficient (Wildman–Crippen LogP) is 1.61. The van der Waals surface area contributed by atoms with Gasteiger partial charge in [0.15, 0.2) is 18.1 Å². The quantitative estimate of drug-likeness (QED) is 0.301. The fourth-order valence-corrected chi connectivity index (χ4v) is 2.89. The van der Waals surface area contributed by atoms with Crippen molar-refractivity contribution < 1.29 is 14.5 Å². The minimum atomic E-state index is -0.708. The minimum absolute atomic E-state index is 0.0205. The molecule has 14 nitrogen and oxygen atoms in total. The van der Waals surface area contributed by atoms with Gasteiger partial charge in [0.25, 0.3) is 11.8 Å². The number of nitro groups is 1. The Bertz CT molecular complexity index is 1310. The maximum atomic E-state index is 12.7. The lowest BCUT2D eigenvalue weighted by Crippen LogP contribution is -2.19. The molecular formula is C19H18N10O4. The standard InChI is InChI=1S/C19H18N10O4/c1-2-26-10-15(16(24-26)18(31)21-13-6-4-3-5-7-13)22-17(30)14-8-9-27(23-14)12-28-11-20-19(25-28)29(32)33/h3-11H,2,12H2,1H3,(H,21,31)(H,22,30). The summed E-state index contributed by atoms with van der Waals surface area (Å²) in [6.07, 6.45) is 4.26. The van der Waals surface area contributed by atoms with Gasteiger partial charge in [0, 0.05) is 29.7 Å². The molecule has 3 aromatic heterocycles. The lowest BCUT2D eigenvalue weighted by molar-refractivity contribution is -0.394. The molecular weight excluding hydrogens is 432 g/mol. The summed E-state index contributed by atoms with van der Waals surface area (Å²) < 4.78 is 4.11. The summed E-state index contributed by atoms with van der Waals surface area (Å²) in [5.74, 6) is -1.56. The van der Waals surface area contributed by atoms with Crippen molar-refractivity contribution in [1.82, 2.24) is 34.3 Å². The van der Waals surface area contributed by atoms with Crippen LogP contribution in [-0.4, -0.2) is 51.1 Å². The van der Waals surface area contributed by atoms with Gasteiger partial charge in [-0.1, -0.05) is 23.2 Å². The summed E-state index contributed by atoms with van der Waals surface area (Å²) in [4.78, 5) is 39.0. The third kappa shape index (κ3) is 4.90. The highest BCUT2D eigenvalue weighted by molar-refractivity contribution is 6.10. The van der Waals surface area contributed by atoms with Crippen LogP contribution in [0.4, 0.5) is 17.3 Å². The van der Waals surface area contributed by atoms with Crippen LogP contribution in [0.2, 0.25) is 0 Å². The normalized spacial score (nSPS) is 10.7. The van der Waals surface area contributed by atoms with Crippen LogP contribution in [0.25, 0.3) is 0 Å². The first-order chi connectivity index (χ1) is 15.9. The highest BCUT2D eigenvalue weighted by atomic mass is 16.6. The molecule has 0 aliphatic rings. The number of carbonyl (C=O) groups is 2. The van der Waals surface area contributed by atoms with Crippen molar-refractivity contribution in [1.29, 1.82) is 0 Å². The molecule has 0 atom stereocenters. The number of aryl methyl sites for hydroxylation is 1. The molecule has 0 aliphatic heterocycles. The monoisotopic (exact) mass is 450 g/mol. The van der Waals surface area contributed by atoms with Gasteiger partial charge >= 0.3 is 5.95 Å². The topological polar surface area (TPSA) is 168 Å². The van der Waals surface area contributed by atoms with Gasteiger partial charge in [-0.2, -0.15) is 14.9 Å². The number of para-hydroxylation sites is 1. The summed E-state index contributed by atoms with van der Waals surface area (Å²) in [6, 6.07) is 10.4. The van der Waals surface area contributed by atoms with Crippen LogP contribution in [-0.2, 0) is 13.2 Å². The van der Waals surface area contributed by atoms with Crippen molar-refractivity contribution in [3.05, 3.63) is 76.6 Å². The van der Waals surface area contributed by atoms with E-state index in [0.717, 1.165) is 0 Å². The second-order valence-electron chi connectivity index (χ2n) is 6.74. The largest absolute Gasteiger partial charge is 0.491 e. The summed E-state index contributed by atoms with van der Waals surface area (Å²) in [5, 5.41) is 28.2. The Kier molecular flexibility index (Phi) is 5.88. The van der Waals surface area contributed by atoms with Gasteiger partial charge in [0.1, 0.15) is 0 Å². The van der Waals surface area contributed by atoms with Crippen molar-refractivity contribution >= 4 is 29.1 Å². The Labute approximate surface area is 186 Å². The summed E-state index contributed by atoms with van der Waals surface area (Å²) in [6.45, 7) is 2.38. The molecule has 4 rings (SSSR count). The van der Waals surface area contributed by atoms with E-state index >= 15 is 0 Å². The van der Waals surface area contributed by atoms with Gasteiger partial charge in [-0.05, 0) is 30.0 Å². The highest BCUT2D eigenvalue weighted by Gasteiger charge is 2.21. The van der Waals surface area contributed by atoms with Crippen LogP contribution in [0.1, 0.15) is 27.9 Å². The van der Waals surface area contributed by atoms with E-state index in [1.54, 1.807) is 30.5 Å². The molecule has 0 fully saturated rings. The molecule has 0 saturated heterocycles. The fourth-order valence-electron chi connectivity index (χ4n) is 2.89. The van der Waals surface area contributed by atoms with E-state index in [0.29, 0.717) is 12.2 Å². The second-order valence-corrected chi connectivity index (χ2v) is 6.74. The Hall–Kier alpha value is -4.88. The van der Waals surface area contributed by atoms with E-state index in [9.17, 15) is 19.7 Å². The van der Waals surface area contributed by atoms with Gasteiger partial charge in [0.2, 0.25) is 6.33 Å². The number of anilines is 2. The van der Waals surface area contributed by atoms with Gasteiger partial charge in [-0.15, -0.1) is 0 Å². The highest BCUT2D eigenvalue weighted by Crippen LogP contribution is 2.17. The van der Waals surface area contributed by atoms with Crippen LogP contribution < -0.4 is 10.6 Å². The third-order valence-corrected chi connectivity index (χ3v) is 4.43. The van der Waals surface area contributed by atoms with Crippen molar-refractivity contribution in [2.24, 2.45) is 0 Å². The summed E-state index contributed by atoms with van der Waals surface area (Å²) in [5.41, 5.74) is 0.960. The molecule has 0 unspecified atom stereocenters. The first-order valence-corrected chi connectivity index (χ1v) is 9.75. The van der Waals surface area contributed by atoms with Gasteiger partial charge in [-0.3, -0.25) is 14.3 Å². The zero-order valence-electron chi connectivity index (χ0n) is 17.3. The predicted molar refractivity (Wildman–Crippen MR) is 115 cm³/mol. The zero-order valence-corrected chi connectivity index (χ0v) is 17.3. The van der Waals surface area contributed by atoms with Gasteiger partial charge < -0.3 is 20.7 Å². The van der Waals surface area contributed by atoms with E-state index in [1.807, 2.05) is 13.0 Å². The third-order valence-electron chi connectivity index (χ3n) is 4.43. The first-order valence-electron chi connectivity index (χ1n) is 9.75. The minimum Gasteiger partial charge on any atom is -0.390 e. The summed E-state index contributed by atoms with van der Waals surface area (Å²) >= 11 is 0. The van der Waals surface area contributed by atoms with E-state index < -0.39 is 22.7 Å². The number of rotatable bonds is 8. The molecule has 33 heavy (non-hydrogen) atoms. The number of nitrogens with one attached hydrogen (secondary N) is 2. The van der Waals surface area contributed by atoms with E-state index in [4.69, 9.17) is 0 Å². The number of benzene rings is 1. The molecule has 0 aliphatic carbocycles. The molecule has 4 aromatic rings. The molecule has 0 bridgehead atoms. The molecule has 2 N–H and O–H groups in total. The van der Waals surface area contributed by atoms with E-state index in [-0.39, 0.29) is 23.7 Å². The molecule has 14 heteroatoms. The van der Waals surface area contributed by atoms with Crippen molar-refractivity contribution in [2.75, 3.05) is 10.6 Å². The molecule has 0 radical (unpaired) electrons. The Morgan fingerprint density at radius 2 is 1.79 bits per heavy atom. The molecule has 2 amide bonds. The average molecular weight is 450 g/mol. The molecule has 168 valence electrons. The van der Waals surface area contributed by atoms with E-state index in [1.165, 1.54) is 32.6 Å². The molecule has 0 saturated carbocycles. The number of hydrogen-bond donors (Lipinski definition) is 2. The van der Waals surface area contributed by atoms with Crippen molar-refractivity contribution in [3.63, 3.8) is 0 Å². The van der Waals surface area contributed by atoms with Crippen LogP contribution in [0.3, 0.4) is 0 Å². The van der Waals surface area contributed by atoms with Crippen LogP contribution in [0.15, 0.2) is 55.1 Å². The first kappa shape index (κ1) is 21.4. The van der Waals surface area contributed by atoms with Crippen molar-refractivity contribution in [2.45, 2.75) is 20.1 Å². The second kappa shape index (κ2) is 9.09. The fraction of sp³-hybridized carbons (Fsp3) is 0.158. The van der Waals surface area contributed by atoms with Gasteiger partial charge in [0.05, 0.1) is 5.69 Å². The maximum Gasteiger partial charge on any atom is 0.491 e. The molecule has 0 spiro atoms. The Morgan fingerprint density at radius 1 is 1.00 bits per heavy atom. The van der Waals surface area contributed by atoms with E-state index in [2.05, 4.69) is 30.9 Å². The van der Waals surface area contributed by atoms with Crippen LogP contribution in [0.5, 0.6) is 0 Å². The maximum absolute atomic E-state index is 12.7. The Morgan fingerprint density at radius 3 is 2.48 bits per heavy atom. The summed E-state index contributed by atoms with van der Waals surface area (Å²) in [7, 11) is 0. The number of nitrogens with zero attached hydrogens (tertiary/aromatic N) is 8. The van der Waals surface area contributed by atoms with Crippen molar-refractivity contribution in [3.8, 4) is 0 Å². The SMILES string of the molecule is CCn1cc(NC(=O)c2ccn(Cn3cnc([N+](=O)[O-])n3)n2)c(C(=O)Nc2ccccc2)n1. The van der Waals surface area contributed by atoms with Crippen LogP contribution in [0, 0.1) is 10.1 Å². The van der Waals surface area contributed by atoms with Crippen LogP contribution >= 0.6 is 0 Å². The number of amides is 2. The lowest BCUT2D eigenvalue weighted by atomic mass is 10.3. The number of hydrogen-bond acceptors (Lipinski definition) is 8. The Balaban J connectivity index is 1.47. The average Bonchev–Trinajstić information content (AvgIpc) is 3.54. The molecule has 3 heterocycles.